The van der Waals surface area contributed by atoms with Crippen LogP contribution in [-0.4, -0.2) is 10.8 Å². The maximum Gasteiger partial charge on any atom is 0.416 e. The number of benzene rings is 2. The van der Waals surface area contributed by atoms with Gasteiger partial charge in [-0.15, -0.1) is 0 Å². The minimum absolute atomic E-state index is 0.00688. The standard InChI is InChI=1S/C16H13F4N3O3/c17-12-5-1-10(2-6-12)3-8-15(24)22-21-13-7-4-11(16(18,19)20)9-14(13)23(25)26/h1-2,4-7,9,21H,3,8H2,(H,22,24). The first-order valence-electron chi connectivity index (χ1n) is 7.32. The zero-order valence-electron chi connectivity index (χ0n) is 13.1. The van der Waals surface area contributed by atoms with E-state index in [9.17, 15) is 32.5 Å². The molecular weight excluding hydrogens is 358 g/mol. The lowest BCUT2D eigenvalue weighted by Gasteiger charge is -2.11. The summed E-state index contributed by atoms with van der Waals surface area (Å²) in [4.78, 5) is 21.7. The van der Waals surface area contributed by atoms with Gasteiger partial charge in [0.05, 0.1) is 10.5 Å². The molecule has 0 aliphatic carbocycles. The van der Waals surface area contributed by atoms with E-state index in [2.05, 4.69) is 10.9 Å². The summed E-state index contributed by atoms with van der Waals surface area (Å²) in [5.74, 6) is -0.946. The molecule has 0 atom stereocenters. The van der Waals surface area contributed by atoms with Crippen molar-refractivity contribution in [3.63, 3.8) is 0 Å². The number of halogens is 4. The molecule has 0 saturated carbocycles. The molecule has 0 aliphatic rings. The van der Waals surface area contributed by atoms with Crippen molar-refractivity contribution in [1.29, 1.82) is 0 Å². The lowest BCUT2D eigenvalue weighted by Crippen LogP contribution is -2.30. The number of nitro benzene ring substituents is 1. The summed E-state index contributed by atoms with van der Waals surface area (Å²) in [5, 5.41) is 10.9. The number of hydrogen-bond donors (Lipinski definition) is 2. The van der Waals surface area contributed by atoms with Crippen molar-refractivity contribution < 1.29 is 27.3 Å². The fraction of sp³-hybridized carbons (Fsp3) is 0.188. The molecule has 26 heavy (non-hydrogen) atoms. The smallest absolute Gasteiger partial charge is 0.292 e. The van der Waals surface area contributed by atoms with E-state index in [1.807, 2.05) is 0 Å². The minimum Gasteiger partial charge on any atom is -0.292 e. The Labute approximate surface area is 144 Å². The van der Waals surface area contributed by atoms with E-state index in [4.69, 9.17) is 0 Å². The third-order valence-electron chi connectivity index (χ3n) is 3.41. The van der Waals surface area contributed by atoms with E-state index in [0.29, 0.717) is 24.1 Å². The number of hydrogen-bond acceptors (Lipinski definition) is 4. The fourth-order valence-corrected chi connectivity index (χ4v) is 2.07. The molecule has 0 radical (unpaired) electrons. The Hall–Kier alpha value is -3.17. The van der Waals surface area contributed by atoms with Crippen molar-refractivity contribution in [3.8, 4) is 0 Å². The molecule has 0 unspecified atom stereocenters. The average Bonchev–Trinajstić information content (AvgIpc) is 2.58. The molecule has 10 heteroatoms. The highest BCUT2D eigenvalue weighted by Crippen LogP contribution is 2.34. The maximum atomic E-state index is 12.8. The highest BCUT2D eigenvalue weighted by molar-refractivity contribution is 5.78. The monoisotopic (exact) mass is 371 g/mol. The van der Waals surface area contributed by atoms with Crippen molar-refractivity contribution in [3.05, 3.63) is 69.5 Å². The second-order valence-electron chi connectivity index (χ2n) is 5.29. The molecule has 0 spiro atoms. The molecule has 2 rings (SSSR count). The van der Waals surface area contributed by atoms with Gasteiger partial charge in [-0.3, -0.25) is 25.8 Å². The van der Waals surface area contributed by atoms with Crippen molar-refractivity contribution in [1.82, 2.24) is 5.43 Å². The average molecular weight is 371 g/mol. The number of carbonyl (C=O) groups is 1. The zero-order valence-corrected chi connectivity index (χ0v) is 13.1. The lowest BCUT2D eigenvalue weighted by atomic mass is 10.1. The Kier molecular flexibility index (Phi) is 5.75. The van der Waals surface area contributed by atoms with Crippen molar-refractivity contribution in [2.75, 3.05) is 5.43 Å². The second-order valence-corrected chi connectivity index (χ2v) is 5.29. The molecule has 0 saturated heterocycles. The predicted molar refractivity (Wildman–Crippen MR) is 84.6 cm³/mol. The second kappa shape index (κ2) is 7.81. The Balaban J connectivity index is 1.98. The van der Waals surface area contributed by atoms with Crippen LogP contribution in [-0.2, 0) is 17.4 Å². The van der Waals surface area contributed by atoms with Gasteiger partial charge in [0.1, 0.15) is 11.5 Å². The van der Waals surface area contributed by atoms with Gasteiger partial charge >= 0.3 is 6.18 Å². The number of amides is 1. The molecule has 6 nitrogen and oxygen atoms in total. The van der Waals surface area contributed by atoms with Gasteiger partial charge in [-0.2, -0.15) is 13.2 Å². The predicted octanol–water partition coefficient (Wildman–Crippen LogP) is 3.83. The first kappa shape index (κ1) is 19.2. The number of aryl methyl sites for hydroxylation is 1. The van der Waals surface area contributed by atoms with Crippen LogP contribution in [0.2, 0.25) is 0 Å². The molecular formula is C16H13F4N3O3. The van der Waals surface area contributed by atoms with Gasteiger partial charge in [0.2, 0.25) is 5.91 Å². The molecule has 0 fully saturated rings. The largest absolute Gasteiger partial charge is 0.416 e. The van der Waals surface area contributed by atoms with Gasteiger partial charge in [0.15, 0.2) is 0 Å². The summed E-state index contributed by atoms with van der Waals surface area (Å²) < 4.78 is 50.7. The summed E-state index contributed by atoms with van der Waals surface area (Å²) in [5.41, 5.74) is 2.88. The van der Waals surface area contributed by atoms with Gasteiger partial charge in [-0.25, -0.2) is 4.39 Å². The Morgan fingerprint density at radius 1 is 1.12 bits per heavy atom. The van der Waals surface area contributed by atoms with E-state index < -0.39 is 34.1 Å². The van der Waals surface area contributed by atoms with Crippen LogP contribution in [0, 0.1) is 15.9 Å². The summed E-state index contributed by atoms with van der Waals surface area (Å²) in [7, 11) is 0. The zero-order chi connectivity index (χ0) is 19.3. The minimum atomic E-state index is -4.72. The highest BCUT2D eigenvalue weighted by Gasteiger charge is 2.33. The molecule has 1 amide bonds. The number of nitrogens with one attached hydrogen (secondary N) is 2. The van der Waals surface area contributed by atoms with Gasteiger partial charge in [-0.1, -0.05) is 12.1 Å². The van der Waals surface area contributed by atoms with E-state index in [1.165, 1.54) is 24.3 Å². The SMILES string of the molecule is O=C(CCc1ccc(F)cc1)NNc1ccc(C(F)(F)F)cc1[N+](=O)[O-]. The number of carbonyl (C=O) groups excluding carboxylic acids is 1. The third-order valence-corrected chi connectivity index (χ3v) is 3.41. The van der Waals surface area contributed by atoms with Crippen LogP contribution in [0.4, 0.5) is 28.9 Å². The van der Waals surface area contributed by atoms with E-state index in [-0.39, 0.29) is 12.1 Å². The van der Waals surface area contributed by atoms with Crippen LogP contribution >= 0.6 is 0 Å². The third kappa shape index (κ3) is 5.16. The Morgan fingerprint density at radius 3 is 2.35 bits per heavy atom. The number of nitro groups is 1. The van der Waals surface area contributed by atoms with E-state index >= 15 is 0 Å². The molecule has 0 aliphatic heterocycles. The molecule has 2 aromatic carbocycles. The van der Waals surface area contributed by atoms with Crippen molar-refractivity contribution >= 4 is 17.3 Å². The summed E-state index contributed by atoms with van der Waals surface area (Å²) in [6.45, 7) is 0. The van der Waals surface area contributed by atoms with Gasteiger partial charge < -0.3 is 0 Å². The normalized spacial score (nSPS) is 11.1. The number of hydrazine groups is 1. The van der Waals surface area contributed by atoms with E-state index in [0.717, 1.165) is 6.07 Å². The molecule has 0 aromatic heterocycles. The van der Waals surface area contributed by atoms with Crippen molar-refractivity contribution in [2.24, 2.45) is 0 Å². The van der Waals surface area contributed by atoms with Crippen LogP contribution in [0.5, 0.6) is 0 Å². The number of anilines is 1. The highest BCUT2D eigenvalue weighted by atomic mass is 19.4. The van der Waals surface area contributed by atoms with Crippen LogP contribution in [0.15, 0.2) is 42.5 Å². The Morgan fingerprint density at radius 2 is 1.77 bits per heavy atom. The molecule has 2 aromatic rings. The van der Waals surface area contributed by atoms with Crippen LogP contribution in [0.25, 0.3) is 0 Å². The van der Waals surface area contributed by atoms with E-state index in [1.54, 1.807) is 0 Å². The summed E-state index contributed by atoms with van der Waals surface area (Å²) in [6, 6.07) is 7.43. The summed E-state index contributed by atoms with van der Waals surface area (Å²) in [6.07, 6.45) is -4.43. The van der Waals surface area contributed by atoms with Crippen LogP contribution < -0.4 is 10.9 Å². The van der Waals surface area contributed by atoms with Gasteiger partial charge in [-0.05, 0) is 36.2 Å². The quantitative estimate of drug-likeness (QED) is 0.459. The Bertz CT molecular complexity index is 807. The fourth-order valence-electron chi connectivity index (χ4n) is 2.07. The molecule has 0 heterocycles. The molecule has 138 valence electrons. The lowest BCUT2D eigenvalue weighted by molar-refractivity contribution is -0.384. The maximum absolute atomic E-state index is 12.8. The topological polar surface area (TPSA) is 84.3 Å². The first-order chi connectivity index (χ1) is 12.2. The number of nitrogens with zero attached hydrogens (tertiary/aromatic N) is 1. The number of alkyl halides is 3. The first-order valence-corrected chi connectivity index (χ1v) is 7.32. The van der Waals surface area contributed by atoms with Crippen molar-refractivity contribution in [2.45, 2.75) is 19.0 Å². The van der Waals surface area contributed by atoms with Gasteiger partial charge in [0.25, 0.3) is 5.69 Å². The van der Waals surface area contributed by atoms with Crippen LogP contribution in [0.1, 0.15) is 17.5 Å². The number of rotatable bonds is 6. The van der Waals surface area contributed by atoms with Gasteiger partial charge in [0, 0.05) is 12.5 Å². The summed E-state index contributed by atoms with van der Waals surface area (Å²) >= 11 is 0. The van der Waals surface area contributed by atoms with Crippen LogP contribution in [0.3, 0.4) is 0 Å². The molecule has 0 bridgehead atoms. The molecule has 2 N–H and O–H groups in total.